The van der Waals surface area contributed by atoms with Crippen LogP contribution in [0.1, 0.15) is 10.4 Å². The van der Waals surface area contributed by atoms with Crippen LogP contribution in [-0.2, 0) is 0 Å². The number of carbonyl (C=O) groups is 1. The molecule has 4 rings (SSSR count). The molecule has 0 atom stereocenters. The molecule has 4 aromatic rings. The first-order chi connectivity index (χ1) is 12.7. The van der Waals surface area contributed by atoms with Crippen LogP contribution in [0.4, 0.5) is 5.82 Å². The predicted molar refractivity (Wildman–Crippen MR) is 102 cm³/mol. The summed E-state index contributed by atoms with van der Waals surface area (Å²) in [6, 6.07) is 23.1. The highest BCUT2D eigenvalue weighted by Gasteiger charge is 2.12. The molecule has 1 aromatic heterocycles. The fraction of sp³-hybridized carbons (Fsp3) is 0.0476. The number of methoxy groups -OCH3 is 1. The van der Waals surface area contributed by atoms with E-state index in [2.05, 4.69) is 27.6 Å². The predicted octanol–water partition coefficient (Wildman–Crippen LogP) is 4.49. The minimum Gasteiger partial charge on any atom is -0.497 e. The number of hydrogen-bond acceptors (Lipinski definition) is 3. The summed E-state index contributed by atoms with van der Waals surface area (Å²) in [7, 11) is 1.57. The zero-order chi connectivity index (χ0) is 17.9. The van der Waals surface area contributed by atoms with Crippen LogP contribution in [0.3, 0.4) is 0 Å². The summed E-state index contributed by atoms with van der Waals surface area (Å²) in [6.07, 6.45) is 0. The van der Waals surface area contributed by atoms with E-state index < -0.39 is 0 Å². The largest absolute Gasteiger partial charge is 0.497 e. The number of benzene rings is 3. The lowest BCUT2D eigenvalue weighted by molar-refractivity contribution is 0.102. The van der Waals surface area contributed by atoms with Crippen LogP contribution in [-0.4, -0.2) is 23.2 Å². The normalized spacial score (nSPS) is 10.7. The number of fused-ring (bicyclic) bond motifs is 1. The van der Waals surface area contributed by atoms with Gasteiger partial charge in [-0.1, -0.05) is 42.5 Å². The lowest BCUT2D eigenvalue weighted by Gasteiger charge is -2.06. The monoisotopic (exact) mass is 343 g/mol. The molecule has 0 aliphatic carbocycles. The van der Waals surface area contributed by atoms with E-state index in [0.29, 0.717) is 17.1 Å². The molecule has 3 aromatic carbocycles. The summed E-state index contributed by atoms with van der Waals surface area (Å²) in [6.45, 7) is 0. The van der Waals surface area contributed by atoms with Crippen molar-refractivity contribution in [2.45, 2.75) is 0 Å². The van der Waals surface area contributed by atoms with E-state index in [-0.39, 0.29) is 5.91 Å². The van der Waals surface area contributed by atoms with Crippen LogP contribution < -0.4 is 10.1 Å². The lowest BCUT2D eigenvalue weighted by Crippen LogP contribution is -2.12. The van der Waals surface area contributed by atoms with Crippen molar-refractivity contribution in [2.24, 2.45) is 0 Å². The van der Waals surface area contributed by atoms with Crippen LogP contribution in [0.15, 0.2) is 72.8 Å². The Morgan fingerprint density at radius 2 is 1.81 bits per heavy atom. The lowest BCUT2D eigenvalue weighted by atomic mass is 10.0. The second-order valence-electron chi connectivity index (χ2n) is 5.88. The number of nitrogens with one attached hydrogen (secondary N) is 2. The number of amides is 1. The number of H-pyrrole nitrogens is 1. The third kappa shape index (κ3) is 3.02. The van der Waals surface area contributed by atoms with Crippen molar-refractivity contribution in [3.63, 3.8) is 0 Å². The quantitative estimate of drug-likeness (QED) is 0.574. The number of rotatable bonds is 4. The highest BCUT2D eigenvalue weighted by molar-refractivity contribution is 6.08. The summed E-state index contributed by atoms with van der Waals surface area (Å²) < 4.78 is 5.17. The van der Waals surface area contributed by atoms with Crippen LogP contribution in [0.25, 0.3) is 22.0 Å². The Kier molecular flexibility index (Phi) is 4.11. The van der Waals surface area contributed by atoms with Gasteiger partial charge in [-0.25, -0.2) is 0 Å². The van der Waals surface area contributed by atoms with Gasteiger partial charge in [0.05, 0.1) is 12.6 Å². The molecule has 5 heteroatoms. The summed E-state index contributed by atoms with van der Waals surface area (Å²) in [4.78, 5) is 12.6. The molecule has 2 N–H and O–H groups in total. The fourth-order valence-electron chi connectivity index (χ4n) is 2.86. The zero-order valence-corrected chi connectivity index (χ0v) is 14.2. The van der Waals surface area contributed by atoms with E-state index in [1.807, 2.05) is 36.4 Å². The molecule has 0 unspecified atom stereocenters. The number of aromatic nitrogens is 2. The van der Waals surface area contributed by atoms with Gasteiger partial charge in [0.2, 0.25) is 0 Å². The van der Waals surface area contributed by atoms with Gasteiger partial charge in [0.25, 0.3) is 5.91 Å². The molecule has 0 aliphatic rings. The molecule has 0 saturated carbocycles. The van der Waals surface area contributed by atoms with Gasteiger partial charge >= 0.3 is 0 Å². The van der Waals surface area contributed by atoms with Crippen molar-refractivity contribution in [2.75, 3.05) is 12.4 Å². The van der Waals surface area contributed by atoms with Gasteiger partial charge in [0.15, 0.2) is 5.82 Å². The molecule has 0 radical (unpaired) electrons. The standard InChI is InChI=1S/C21H17N3O2/c1-26-17-9-5-8-16(12-17)21(25)22-20-18-13-15(10-11-19(18)23-24-20)14-6-3-2-4-7-14/h2-13H,1H3,(H2,22,23,24,25). The Hall–Kier alpha value is -3.60. The summed E-state index contributed by atoms with van der Waals surface area (Å²) in [5, 5.41) is 10.9. The van der Waals surface area contributed by atoms with E-state index >= 15 is 0 Å². The molecule has 1 heterocycles. The summed E-state index contributed by atoms with van der Waals surface area (Å²) in [5.41, 5.74) is 3.56. The van der Waals surface area contributed by atoms with Crippen molar-refractivity contribution in [1.82, 2.24) is 10.2 Å². The SMILES string of the molecule is COc1cccc(C(=O)Nc2n[nH]c3ccc(-c4ccccc4)cc23)c1. The number of hydrogen-bond donors (Lipinski definition) is 2. The maximum Gasteiger partial charge on any atom is 0.257 e. The van der Waals surface area contributed by atoms with Crippen LogP contribution in [0.5, 0.6) is 5.75 Å². The van der Waals surface area contributed by atoms with E-state index in [1.165, 1.54) is 0 Å². The maximum atomic E-state index is 12.6. The van der Waals surface area contributed by atoms with Gasteiger partial charge < -0.3 is 10.1 Å². The van der Waals surface area contributed by atoms with Gasteiger partial charge in [-0.3, -0.25) is 9.89 Å². The molecule has 1 amide bonds. The molecule has 128 valence electrons. The second-order valence-corrected chi connectivity index (χ2v) is 5.88. The molecular formula is C21H17N3O2. The Labute approximate surface area is 150 Å². The second kappa shape index (κ2) is 6.72. The van der Waals surface area contributed by atoms with Gasteiger partial charge in [0, 0.05) is 10.9 Å². The first-order valence-corrected chi connectivity index (χ1v) is 8.23. The third-order valence-electron chi connectivity index (χ3n) is 4.23. The van der Waals surface area contributed by atoms with E-state index in [9.17, 15) is 4.79 Å². The Morgan fingerprint density at radius 1 is 0.962 bits per heavy atom. The van der Waals surface area contributed by atoms with Gasteiger partial charge in [-0.05, 0) is 41.5 Å². The minimum atomic E-state index is -0.234. The molecule has 0 fully saturated rings. The van der Waals surface area contributed by atoms with Gasteiger partial charge in [-0.15, -0.1) is 0 Å². The van der Waals surface area contributed by atoms with Gasteiger partial charge in [0.1, 0.15) is 5.75 Å². The highest BCUT2D eigenvalue weighted by atomic mass is 16.5. The first kappa shape index (κ1) is 15.9. The molecule has 26 heavy (non-hydrogen) atoms. The van der Waals surface area contributed by atoms with Crippen LogP contribution in [0.2, 0.25) is 0 Å². The zero-order valence-electron chi connectivity index (χ0n) is 14.2. The van der Waals surface area contributed by atoms with Crippen molar-refractivity contribution >= 4 is 22.6 Å². The third-order valence-corrected chi connectivity index (χ3v) is 4.23. The summed E-state index contributed by atoms with van der Waals surface area (Å²) >= 11 is 0. The molecule has 5 nitrogen and oxygen atoms in total. The number of anilines is 1. The molecule has 0 spiro atoms. The Balaban J connectivity index is 1.67. The maximum absolute atomic E-state index is 12.6. The van der Waals surface area contributed by atoms with Crippen LogP contribution in [0, 0.1) is 0 Å². The highest BCUT2D eigenvalue weighted by Crippen LogP contribution is 2.27. The number of nitrogens with zero attached hydrogens (tertiary/aromatic N) is 1. The van der Waals surface area contributed by atoms with Crippen molar-refractivity contribution < 1.29 is 9.53 Å². The average Bonchev–Trinajstić information content (AvgIpc) is 3.10. The molecule has 0 bridgehead atoms. The topological polar surface area (TPSA) is 67.0 Å². The van der Waals surface area contributed by atoms with Crippen molar-refractivity contribution in [1.29, 1.82) is 0 Å². The number of ether oxygens (including phenoxy) is 1. The molecule has 0 aliphatic heterocycles. The Morgan fingerprint density at radius 3 is 2.62 bits per heavy atom. The Bertz CT molecular complexity index is 1070. The minimum absolute atomic E-state index is 0.234. The van der Waals surface area contributed by atoms with E-state index in [4.69, 9.17) is 4.74 Å². The van der Waals surface area contributed by atoms with Gasteiger partial charge in [-0.2, -0.15) is 5.10 Å². The summed E-state index contributed by atoms with van der Waals surface area (Å²) in [5.74, 6) is 0.906. The first-order valence-electron chi connectivity index (χ1n) is 8.23. The van der Waals surface area contributed by atoms with E-state index in [0.717, 1.165) is 22.0 Å². The average molecular weight is 343 g/mol. The molecular weight excluding hydrogens is 326 g/mol. The number of carbonyl (C=O) groups excluding carboxylic acids is 1. The van der Waals surface area contributed by atoms with Crippen LogP contribution >= 0.6 is 0 Å². The van der Waals surface area contributed by atoms with E-state index in [1.54, 1.807) is 31.4 Å². The number of aromatic amines is 1. The fourth-order valence-corrected chi connectivity index (χ4v) is 2.86. The van der Waals surface area contributed by atoms with Crippen molar-refractivity contribution in [3.05, 3.63) is 78.4 Å². The smallest absolute Gasteiger partial charge is 0.257 e. The van der Waals surface area contributed by atoms with Crippen molar-refractivity contribution in [3.8, 4) is 16.9 Å². The molecule has 0 saturated heterocycles.